The van der Waals surface area contributed by atoms with Crippen molar-refractivity contribution in [2.45, 2.75) is 74.7 Å². The SMILES string of the molecule is COC(C)(CC(F)(F)C(F)(F)C(F)(F)C(F)(F)C(F)(F)C(F)(F)F)c1ccccc1OC(C)C. The molecule has 1 atom stereocenters. The molecule has 0 fully saturated rings. The lowest BCUT2D eigenvalue weighted by Crippen LogP contribution is -2.70. The summed E-state index contributed by atoms with van der Waals surface area (Å²) in [6.45, 7) is 3.58. The number of methoxy groups -OCH3 is 1. The lowest BCUT2D eigenvalue weighted by molar-refractivity contribution is -0.441. The standard InChI is InChI=1S/C19H19F13O2/c1-10(2)34-12-8-6-5-7-11(12)13(3,33-4)9-14(20,21)15(22,23)16(24,25)17(26,27)18(28,29)19(30,31)32/h5-8,10H,9H2,1-4H3. The third-order valence-electron chi connectivity index (χ3n) is 4.83. The monoisotopic (exact) mass is 526 g/mol. The first-order chi connectivity index (χ1) is 14.9. The lowest BCUT2D eigenvalue weighted by atomic mass is 9.83. The van der Waals surface area contributed by atoms with Gasteiger partial charge in [-0.1, -0.05) is 18.2 Å². The zero-order valence-electron chi connectivity index (χ0n) is 17.8. The van der Waals surface area contributed by atoms with E-state index >= 15 is 0 Å². The highest BCUT2D eigenvalue weighted by Crippen LogP contribution is 2.61. The van der Waals surface area contributed by atoms with Crippen molar-refractivity contribution >= 4 is 0 Å². The smallest absolute Gasteiger partial charge is 0.460 e. The van der Waals surface area contributed by atoms with E-state index in [4.69, 9.17) is 9.47 Å². The predicted octanol–water partition coefficient (Wildman–Crippen LogP) is 7.46. The van der Waals surface area contributed by atoms with Gasteiger partial charge in [0.05, 0.1) is 18.1 Å². The summed E-state index contributed by atoms with van der Waals surface area (Å²) in [7, 11) is 0.658. The van der Waals surface area contributed by atoms with E-state index in [-0.39, 0.29) is 5.75 Å². The molecule has 1 aromatic rings. The second-order valence-corrected chi connectivity index (χ2v) is 7.77. The molecule has 0 aliphatic rings. The zero-order chi connectivity index (χ0) is 27.2. The first-order valence-electron chi connectivity index (χ1n) is 9.20. The number of benzene rings is 1. The van der Waals surface area contributed by atoms with Crippen LogP contribution in [-0.4, -0.2) is 49.0 Å². The van der Waals surface area contributed by atoms with E-state index < -0.39 is 59.5 Å². The van der Waals surface area contributed by atoms with Crippen molar-refractivity contribution < 1.29 is 66.5 Å². The lowest BCUT2D eigenvalue weighted by Gasteiger charge is -2.42. The Bertz CT molecular complexity index is 849. The maximum absolute atomic E-state index is 14.5. The Morgan fingerprint density at radius 1 is 0.706 bits per heavy atom. The number of para-hydroxylation sites is 1. The van der Waals surface area contributed by atoms with Gasteiger partial charge in [-0.05, 0) is 26.8 Å². The van der Waals surface area contributed by atoms with Crippen LogP contribution in [0.25, 0.3) is 0 Å². The Kier molecular flexibility index (Phi) is 7.91. The minimum Gasteiger partial charge on any atom is -0.491 e. The summed E-state index contributed by atoms with van der Waals surface area (Å²) in [5.41, 5.74) is -3.13. The highest BCUT2D eigenvalue weighted by Gasteiger charge is 2.90. The van der Waals surface area contributed by atoms with Gasteiger partial charge < -0.3 is 9.47 Å². The van der Waals surface area contributed by atoms with Crippen molar-refractivity contribution in [3.05, 3.63) is 29.8 Å². The molecule has 198 valence electrons. The van der Waals surface area contributed by atoms with E-state index in [1.807, 2.05) is 0 Å². The maximum atomic E-state index is 14.5. The van der Waals surface area contributed by atoms with Crippen LogP contribution in [-0.2, 0) is 10.3 Å². The van der Waals surface area contributed by atoms with Crippen LogP contribution in [0.2, 0.25) is 0 Å². The predicted molar refractivity (Wildman–Crippen MR) is 92.0 cm³/mol. The molecule has 0 aromatic heterocycles. The summed E-state index contributed by atoms with van der Waals surface area (Å²) in [5.74, 6) is -37.5. The van der Waals surface area contributed by atoms with Crippen LogP contribution in [0.5, 0.6) is 5.75 Å². The number of rotatable bonds is 10. The van der Waals surface area contributed by atoms with Gasteiger partial charge in [0.2, 0.25) is 0 Å². The van der Waals surface area contributed by atoms with Crippen LogP contribution >= 0.6 is 0 Å². The highest BCUT2D eigenvalue weighted by molar-refractivity contribution is 5.38. The second-order valence-electron chi connectivity index (χ2n) is 7.77. The molecule has 0 radical (unpaired) electrons. The molecular weight excluding hydrogens is 507 g/mol. The average Bonchev–Trinajstić information content (AvgIpc) is 2.65. The number of ether oxygens (including phenoxy) is 2. The molecule has 34 heavy (non-hydrogen) atoms. The van der Waals surface area contributed by atoms with Gasteiger partial charge in [-0.2, -0.15) is 57.1 Å². The number of hydrogen-bond donors (Lipinski definition) is 0. The summed E-state index contributed by atoms with van der Waals surface area (Å²) in [5, 5.41) is 0. The second kappa shape index (κ2) is 8.94. The summed E-state index contributed by atoms with van der Waals surface area (Å²) in [6.07, 6.45) is -10.6. The molecule has 0 bridgehead atoms. The van der Waals surface area contributed by atoms with Crippen LogP contribution in [0.3, 0.4) is 0 Å². The topological polar surface area (TPSA) is 18.5 Å². The van der Waals surface area contributed by atoms with E-state index in [9.17, 15) is 57.1 Å². The Morgan fingerprint density at radius 2 is 1.15 bits per heavy atom. The fourth-order valence-electron chi connectivity index (χ4n) is 2.87. The molecular formula is C19H19F13O2. The first-order valence-corrected chi connectivity index (χ1v) is 9.20. The number of hydrogen-bond acceptors (Lipinski definition) is 2. The molecule has 0 amide bonds. The van der Waals surface area contributed by atoms with Gasteiger partial charge in [0, 0.05) is 12.7 Å². The van der Waals surface area contributed by atoms with Crippen molar-refractivity contribution in [2.75, 3.05) is 7.11 Å². The van der Waals surface area contributed by atoms with Crippen molar-refractivity contribution in [3.8, 4) is 5.75 Å². The molecule has 0 N–H and O–H groups in total. The fourth-order valence-corrected chi connectivity index (χ4v) is 2.87. The molecule has 1 unspecified atom stereocenters. The summed E-state index contributed by atoms with van der Waals surface area (Å²) in [4.78, 5) is 0. The van der Waals surface area contributed by atoms with Gasteiger partial charge in [0.15, 0.2) is 0 Å². The van der Waals surface area contributed by atoms with Gasteiger partial charge in [-0.3, -0.25) is 0 Å². The van der Waals surface area contributed by atoms with Crippen molar-refractivity contribution in [2.24, 2.45) is 0 Å². The normalized spacial score (nSPS) is 16.5. The average molecular weight is 526 g/mol. The Morgan fingerprint density at radius 3 is 1.56 bits per heavy atom. The molecule has 2 nitrogen and oxygen atoms in total. The van der Waals surface area contributed by atoms with E-state index in [2.05, 4.69) is 0 Å². The Labute approximate surface area is 185 Å². The van der Waals surface area contributed by atoms with E-state index in [1.165, 1.54) is 26.0 Å². The largest absolute Gasteiger partial charge is 0.491 e. The zero-order valence-corrected chi connectivity index (χ0v) is 17.8. The Hall–Kier alpha value is -1.93. The third kappa shape index (κ3) is 4.76. The number of alkyl halides is 13. The van der Waals surface area contributed by atoms with Crippen molar-refractivity contribution in [3.63, 3.8) is 0 Å². The molecule has 1 aromatic carbocycles. The molecule has 1 rings (SSSR count). The van der Waals surface area contributed by atoms with Crippen LogP contribution in [0.4, 0.5) is 57.1 Å². The van der Waals surface area contributed by atoms with Gasteiger partial charge in [0.25, 0.3) is 0 Å². The molecule has 0 aliphatic heterocycles. The van der Waals surface area contributed by atoms with Gasteiger partial charge >= 0.3 is 35.8 Å². The van der Waals surface area contributed by atoms with Gasteiger partial charge in [0.1, 0.15) is 5.75 Å². The van der Waals surface area contributed by atoms with Crippen LogP contribution in [0.1, 0.15) is 32.8 Å². The first kappa shape index (κ1) is 30.1. The molecule has 0 aliphatic carbocycles. The highest BCUT2D eigenvalue weighted by atomic mass is 19.4. The van der Waals surface area contributed by atoms with Gasteiger partial charge in [-0.25, -0.2) is 0 Å². The Balaban J connectivity index is 3.58. The molecule has 0 spiro atoms. The van der Waals surface area contributed by atoms with Crippen LogP contribution in [0.15, 0.2) is 24.3 Å². The fraction of sp³-hybridized carbons (Fsp3) is 0.684. The quantitative estimate of drug-likeness (QED) is 0.295. The summed E-state index contributed by atoms with van der Waals surface area (Å²) in [6, 6.07) is 4.61. The van der Waals surface area contributed by atoms with Crippen LogP contribution in [0, 0.1) is 0 Å². The van der Waals surface area contributed by atoms with E-state index in [0.717, 1.165) is 12.1 Å². The molecule has 0 heterocycles. The van der Waals surface area contributed by atoms with Gasteiger partial charge in [-0.15, -0.1) is 0 Å². The van der Waals surface area contributed by atoms with Crippen molar-refractivity contribution in [1.82, 2.24) is 0 Å². The maximum Gasteiger partial charge on any atom is 0.460 e. The molecule has 0 saturated carbocycles. The minimum atomic E-state index is -7.95. The molecule has 0 saturated heterocycles. The summed E-state index contributed by atoms with van der Waals surface area (Å²) < 4.78 is 184. The summed E-state index contributed by atoms with van der Waals surface area (Å²) >= 11 is 0. The minimum absolute atomic E-state index is 0.262. The molecule has 15 heteroatoms. The van der Waals surface area contributed by atoms with E-state index in [1.54, 1.807) is 0 Å². The van der Waals surface area contributed by atoms with Crippen LogP contribution < -0.4 is 4.74 Å². The third-order valence-corrected chi connectivity index (χ3v) is 4.83. The van der Waals surface area contributed by atoms with E-state index in [0.29, 0.717) is 14.0 Å². The number of halogens is 13. The van der Waals surface area contributed by atoms with Crippen molar-refractivity contribution in [1.29, 1.82) is 0 Å².